The molecule has 6 nitrogen and oxygen atoms in total. The first-order valence-electron chi connectivity index (χ1n) is 8.64. The predicted octanol–water partition coefficient (Wildman–Crippen LogP) is 2.24. The molecule has 0 saturated carbocycles. The molecule has 2 aliphatic rings. The third-order valence-electron chi connectivity index (χ3n) is 5.04. The van der Waals surface area contributed by atoms with Crippen LogP contribution in [0.3, 0.4) is 0 Å². The molecule has 0 bridgehead atoms. The fourth-order valence-corrected chi connectivity index (χ4v) is 3.69. The molecule has 0 aliphatic carbocycles. The Balaban J connectivity index is 0.00000243. The lowest BCUT2D eigenvalue weighted by molar-refractivity contribution is -0.127. The molecule has 1 aromatic rings. The first kappa shape index (κ1) is 20.8. The van der Waals surface area contributed by atoms with Crippen LogP contribution in [0.1, 0.15) is 19.8 Å². The molecule has 2 N–H and O–H groups in total. The lowest BCUT2D eigenvalue weighted by atomic mass is 9.94. The van der Waals surface area contributed by atoms with Crippen LogP contribution in [0.25, 0.3) is 0 Å². The Morgan fingerprint density at radius 2 is 2.19 bits per heavy atom. The highest BCUT2D eigenvalue weighted by atomic mass is 35.5. The van der Waals surface area contributed by atoms with E-state index in [0.29, 0.717) is 28.9 Å². The Morgan fingerprint density at radius 1 is 1.42 bits per heavy atom. The number of hydrogen-bond acceptors (Lipinski definition) is 4. The Hall–Kier alpha value is -1.50. The third-order valence-corrected chi connectivity index (χ3v) is 5.28. The van der Waals surface area contributed by atoms with E-state index in [1.807, 2.05) is 0 Å². The summed E-state index contributed by atoms with van der Waals surface area (Å²) in [6.45, 7) is 4.28. The zero-order valence-electron chi connectivity index (χ0n) is 15.0. The minimum Gasteiger partial charge on any atom is -0.495 e. The molecule has 1 aromatic carbocycles. The molecule has 3 rings (SSSR count). The SMILES string of the molecule is COc1ccc(Cl)cc1N1CC(C(=O)NC2CCNCC2C)CC1=O.Cl. The van der Waals surface area contributed by atoms with Gasteiger partial charge in [-0.15, -0.1) is 12.4 Å². The summed E-state index contributed by atoms with van der Waals surface area (Å²) in [4.78, 5) is 26.7. The molecular weight excluding hydrogens is 377 g/mol. The molecule has 26 heavy (non-hydrogen) atoms. The lowest BCUT2D eigenvalue weighted by Gasteiger charge is -2.31. The number of methoxy groups -OCH3 is 1. The minimum atomic E-state index is -0.349. The van der Waals surface area contributed by atoms with Crippen LogP contribution in [0.5, 0.6) is 5.75 Å². The Kier molecular flexibility index (Phi) is 7.15. The molecule has 3 atom stereocenters. The summed E-state index contributed by atoms with van der Waals surface area (Å²) in [5.74, 6) is 0.484. The fraction of sp³-hybridized carbons (Fsp3) is 0.556. The van der Waals surface area contributed by atoms with E-state index < -0.39 is 0 Å². The van der Waals surface area contributed by atoms with E-state index in [1.165, 1.54) is 0 Å². The van der Waals surface area contributed by atoms with E-state index >= 15 is 0 Å². The van der Waals surface area contributed by atoms with Gasteiger partial charge < -0.3 is 20.3 Å². The first-order valence-corrected chi connectivity index (χ1v) is 9.02. The second-order valence-electron chi connectivity index (χ2n) is 6.81. The predicted molar refractivity (Wildman–Crippen MR) is 104 cm³/mol. The first-order chi connectivity index (χ1) is 12.0. The van der Waals surface area contributed by atoms with Crippen LogP contribution in [-0.2, 0) is 9.59 Å². The summed E-state index contributed by atoms with van der Waals surface area (Å²) in [7, 11) is 1.55. The van der Waals surface area contributed by atoms with Gasteiger partial charge in [0.2, 0.25) is 11.8 Å². The number of anilines is 1. The van der Waals surface area contributed by atoms with Crippen molar-refractivity contribution in [3.8, 4) is 5.75 Å². The van der Waals surface area contributed by atoms with Crippen molar-refractivity contribution in [1.29, 1.82) is 0 Å². The molecular formula is C18H25Cl2N3O3. The monoisotopic (exact) mass is 401 g/mol. The fourth-order valence-electron chi connectivity index (χ4n) is 3.52. The van der Waals surface area contributed by atoms with Crippen LogP contribution in [-0.4, -0.2) is 44.6 Å². The number of amides is 2. The highest BCUT2D eigenvalue weighted by Gasteiger charge is 2.37. The van der Waals surface area contributed by atoms with Gasteiger partial charge in [0.1, 0.15) is 5.75 Å². The quantitative estimate of drug-likeness (QED) is 0.811. The van der Waals surface area contributed by atoms with E-state index in [4.69, 9.17) is 16.3 Å². The number of benzene rings is 1. The summed E-state index contributed by atoms with van der Waals surface area (Å²) in [5.41, 5.74) is 0.616. The zero-order valence-corrected chi connectivity index (χ0v) is 16.5. The second kappa shape index (κ2) is 8.93. The number of halogens is 2. The van der Waals surface area contributed by atoms with Crippen molar-refractivity contribution in [1.82, 2.24) is 10.6 Å². The van der Waals surface area contributed by atoms with Gasteiger partial charge in [0.15, 0.2) is 0 Å². The number of hydrogen-bond donors (Lipinski definition) is 2. The zero-order chi connectivity index (χ0) is 18.0. The van der Waals surface area contributed by atoms with Crippen LogP contribution >= 0.6 is 24.0 Å². The maximum absolute atomic E-state index is 12.6. The number of piperidine rings is 1. The molecule has 2 fully saturated rings. The summed E-state index contributed by atoms with van der Waals surface area (Å²) >= 11 is 6.07. The van der Waals surface area contributed by atoms with Gasteiger partial charge >= 0.3 is 0 Å². The smallest absolute Gasteiger partial charge is 0.227 e. The topological polar surface area (TPSA) is 70.7 Å². The molecule has 2 heterocycles. The van der Waals surface area contributed by atoms with E-state index in [9.17, 15) is 9.59 Å². The van der Waals surface area contributed by atoms with Crippen LogP contribution in [0, 0.1) is 11.8 Å². The average molecular weight is 402 g/mol. The number of nitrogens with zero attached hydrogens (tertiary/aromatic N) is 1. The lowest BCUT2D eigenvalue weighted by Crippen LogP contribution is -2.50. The number of carbonyl (C=O) groups is 2. The Labute approximate surface area is 165 Å². The molecule has 8 heteroatoms. The van der Waals surface area contributed by atoms with Crippen molar-refractivity contribution in [3.05, 3.63) is 23.2 Å². The second-order valence-corrected chi connectivity index (χ2v) is 7.24. The van der Waals surface area contributed by atoms with E-state index in [-0.39, 0.29) is 42.6 Å². The van der Waals surface area contributed by atoms with Crippen molar-refractivity contribution in [3.63, 3.8) is 0 Å². The van der Waals surface area contributed by atoms with Crippen LogP contribution in [0.15, 0.2) is 18.2 Å². The van der Waals surface area contributed by atoms with Crippen LogP contribution in [0.2, 0.25) is 5.02 Å². The standard InChI is InChI=1S/C18H24ClN3O3.ClH/c1-11-9-20-6-5-14(11)21-18(24)12-7-17(23)22(10-12)15-8-13(19)3-4-16(15)25-2;/h3-4,8,11-12,14,20H,5-7,9-10H2,1-2H3,(H,21,24);1H. The molecule has 2 aliphatic heterocycles. The number of rotatable bonds is 4. The maximum Gasteiger partial charge on any atom is 0.227 e. The van der Waals surface area contributed by atoms with Gasteiger partial charge in [0.05, 0.1) is 18.7 Å². The Bertz CT molecular complexity index is 671. The van der Waals surface area contributed by atoms with Gasteiger partial charge in [-0.2, -0.15) is 0 Å². The van der Waals surface area contributed by atoms with E-state index in [1.54, 1.807) is 30.2 Å². The highest BCUT2D eigenvalue weighted by molar-refractivity contribution is 6.31. The summed E-state index contributed by atoms with van der Waals surface area (Å²) in [5, 5.41) is 6.98. The largest absolute Gasteiger partial charge is 0.495 e. The summed E-state index contributed by atoms with van der Waals surface area (Å²) in [6.07, 6.45) is 1.13. The summed E-state index contributed by atoms with van der Waals surface area (Å²) < 4.78 is 5.33. The third kappa shape index (κ3) is 4.42. The molecule has 0 spiro atoms. The van der Waals surface area contributed by atoms with E-state index in [2.05, 4.69) is 17.6 Å². The number of ether oxygens (including phenoxy) is 1. The van der Waals surface area contributed by atoms with Crippen molar-refractivity contribution in [2.45, 2.75) is 25.8 Å². The number of carbonyl (C=O) groups excluding carboxylic acids is 2. The molecule has 0 radical (unpaired) electrons. The molecule has 2 amide bonds. The van der Waals surface area contributed by atoms with Crippen LogP contribution < -0.4 is 20.3 Å². The number of nitrogens with one attached hydrogen (secondary N) is 2. The van der Waals surface area contributed by atoms with Crippen molar-refractivity contribution in [2.24, 2.45) is 11.8 Å². The average Bonchev–Trinajstić information content (AvgIpc) is 2.98. The van der Waals surface area contributed by atoms with Gasteiger partial charge in [-0.1, -0.05) is 18.5 Å². The maximum atomic E-state index is 12.6. The van der Waals surface area contributed by atoms with Gasteiger partial charge in [-0.3, -0.25) is 9.59 Å². The Morgan fingerprint density at radius 3 is 2.88 bits per heavy atom. The van der Waals surface area contributed by atoms with Gasteiger partial charge in [0, 0.05) is 24.0 Å². The van der Waals surface area contributed by atoms with Gasteiger partial charge in [0.25, 0.3) is 0 Å². The van der Waals surface area contributed by atoms with Crippen molar-refractivity contribution >= 4 is 41.5 Å². The summed E-state index contributed by atoms with van der Waals surface area (Å²) in [6, 6.07) is 5.31. The molecule has 3 unspecified atom stereocenters. The normalized spacial score (nSPS) is 25.6. The minimum absolute atomic E-state index is 0. The molecule has 2 saturated heterocycles. The molecule has 144 valence electrons. The van der Waals surface area contributed by atoms with Gasteiger partial charge in [-0.05, 0) is 43.6 Å². The van der Waals surface area contributed by atoms with Crippen LogP contribution in [0.4, 0.5) is 5.69 Å². The van der Waals surface area contributed by atoms with E-state index in [0.717, 1.165) is 19.5 Å². The highest BCUT2D eigenvalue weighted by Crippen LogP contribution is 2.35. The van der Waals surface area contributed by atoms with Crippen molar-refractivity contribution < 1.29 is 14.3 Å². The van der Waals surface area contributed by atoms with Crippen molar-refractivity contribution in [2.75, 3.05) is 31.6 Å². The molecule has 0 aromatic heterocycles. The van der Waals surface area contributed by atoms with Gasteiger partial charge in [-0.25, -0.2) is 0 Å².